The van der Waals surface area contributed by atoms with E-state index >= 15 is 0 Å². The number of benzene rings is 1. The number of rotatable bonds is 6. The number of likely N-dealkylation sites (tertiary alicyclic amines) is 1. The maximum absolute atomic E-state index is 12.3. The van der Waals surface area contributed by atoms with Gasteiger partial charge in [-0.15, -0.1) is 0 Å². The molecule has 4 nitrogen and oxygen atoms in total. The molecule has 2 N–H and O–H groups in total. The minimum absolute atomic E-state index is 0.0480. The van der Waals surface area contributed by atoms with Crippen molar-refractivity contribution in [3.8, 4) is 0 Å². The average molecular weight is 290 g/mol. The number of hydrogen-bond donors (Lipinski definition) is 2. The molecule has 4 heteroatoms. The summed E-state index contributed by atoms with van der Waals surface area (Å²) in [5.74, 6) is 0.0480. The van der Waals surface area contributed by atoms with E-state index < -0.39 is 0 Å². The maximum Gasteiger partial charge on any atom is 0.251 e. The molecule has 1 amide bonds. The van der Waals surface area contributed by atoms with Gasteiger partial charge in [-0.3, -0.25) is 4.79 Å². The van der Waals surface area contributed by atoms with Gasteiger partial charge in [0.25, 0.3) is 5.91 Å². The van der Waals surface area contributed by atoms with Crippen molar-refractivity contribution < 1.29 is 9.90 Å². The van der Waals surface area contributed by atoms with Gasteiger partial charge in [0.05, 0.1) is 0 Å². The highest BCUT2D eigenvalue weighted by molar-refractivity contribution is 5.95. The van der Waals surface area contributed by atoms with Crippen LogP contribution in [0.5, 0.6) is 0 Å². The van der Waals surface area contributed by atoms with E-state index in [0.29, 0.717) is 0 Å². The van der Waals surface area contributed by atoms with E-state index in [1.807, 2.05) is 31.2 Å². The number of amides is 1. The molecule has 0 atom stereocenters. The molecule has 0 bridgehead atoms. The quantitative estimate of drug-likeness (QED) is 0.788. The SMILES string of the molecule is Cc1ccccc1C(=O)NC1CCN(CCCCO)CC1. The number of aliphatic hydroxyl groups is 1. The summed E-state index contributed by atoms with van der Waals surface area (Å²) in [5, 5.41) is 12.0. The van der Waals surface area contributed by atoms with Gasteiger partial charge in [-0.05, 0) is 50.8 Å². The molecular formula is C17H26N2O2. The van der Waals surface area contributed by atoms with Crippen molar-refractivity contribution in [2.24, 2.45) is 0 Å². The van der Waals surface area contributed by atoms with Crippen molar-refractivity contribution in [1.82, 2.24) is 10.2 Å². The van der Waals surface area contributed by atoms with Crippen molar-refractivity contribution in [3.05, 3.63) is 35.4 Å². The van der Waals surface area contributed by atoms with E-state index in [9.17, 15) is 4.79 Å². The number of aliphatic hydroxyl groups excluding tert-OH is 1. The maximum atomic E-state index is 12.3. The van der Waals surface area contributed by atoms with Crippen molar-refractivity contribution in [2.75, 3.05) is 26.2 Å². The largest absolute Gasteiger partial charge is 0.396 e. The van der Waals surface area contributed by atoms with Crippen LogP contribution >= 0.6 is 0 Å². The first-order chi connectivity index (χ1) is 10.2. The fourth-order valence-electron chi connectivity index (χ4n) is 2.84. The van der Waals surface area contributed by atoms with Crippen LogP contribution in [0.25, 0.3) is 0 Å². The summed E-state index contributed by atoms with van der Waals surface area (Å²) >= 11 is 0. The minimum Gasteiger partial charge on any atom is -0.396 e. The third-order valence-corrected chi connectivity index (χ3v) is 4.19. The Morgan fingerprint density at radius 1 is 1.29 bits per heavy atom. The Labute approximate surface area is 127 Å². The van der Waals surface area contributed by atoms with Gasteiger partial charge in [0, 0.05) is 31.3 Å². The average Bonchev–Trinajstić information content (AvgIpc) is 2.49. The van der Waals surface area contributed by atoms with Crippen molar-refractivity contribution in [1.29, 1.82) is 0 Å². The second-order valence-electron chi connectivity index (χ2n) is 5.84. The molecule has 1 aliphatic rings. The first-order valence-electron chi connectivity index (χ1n) is 7.90. The number of piperidine rings is 1. The second-order valence-corrected chi connectivity index (χ2v) is 5.84. The van der Waals surface area contributed by atoms with Gasteiger partial charge in [0.2, 0.25) is 0 Å². The van der Waals surface area contributed by atoms with E-state index in [-0.39, 0.29) is 18.6 Å². The highest BCUT2D eigenvalue weighted by Gasteiger charge is 2.21. The third-order valence-electron chi connectivity index (χ3n) is 4.19. The number of hydrogen-bond acceptors (Lipinski definition) is 3. The molecule has 0 spiro atoms. The molecule has 116 valence electrons. The number of nitrogens with zero attached hydrogens (tertiary/aromatic N) is 1. The number of carbonyl (C=O) groups is 1. The van der Waals surface area contributed by atoms with Gasteiger partial charge in [0.15, 0.2) is 0 Å². The molecule has 0 unspecified atom stereocenters. The molecule has 2 rings (SSSR count). The summed E-state index contributed by atoms with van der Waals surface area (Å²) in [6.07, 6.45) is 3.95. The number of aryl methyl sites for hydroxylation is 1. The lowest BCUT2D eigenvalue weighted by molar-refractivity contribution is 0.0909. The summed E-state index contributed by atoms with van der Waals surface area (Å²) in [6, 6.07) is 8.00. The summed E-state index contributed by atoms with van der Waals surface area (Å²) in [6.45, 7) is 5.37. The van der Waals surface area contributed by atoms with Gasteiger partial charge in [-0.1, -0.05) is 18.2 Å². The lowest BCUT2D eigenvalue weighted by Crippen LogP contribution is -2.45. The molecule has 0 saturated carbocycles. The molecule has 1 aliphatic heterocycles. The highest BCUT2D eigenvalue weighted by Crippen LogP contribution is 2.13. The zero-order valence-electron chi connectivity index (χ0n) is 12.8. The summed E-state index contributed by atoms with van der Waals surface area (Å²) in [5.41, 5.74) is 1.80. The predicted molar refractivity (Wildman–Crippen MR) is 84.4 cm³/mol. The summed E-state index contributed by atoms with van der Waals surface area (Å²) in [7, 11) is 0. The first-order valence-corrected chi connectivity index (χ1v) is 7.90. The molecular weight excluding hydrogens is 264 g/mol. The van der Waals surface area contributed by atoms with E-state index in [2.05, 4.69) is 10.2 Å². The van der Waals surface area contributed by atoms with Crippen LogP contribution in [0.1, 0.15) is 41.6 Å². The molecule has 0 aliphatic carbocycles. The molecule has 1 fully saturated rings. The first kappa shape index (κ1) is 16.0. The van der Waals surface area contributed by atoms with Gasteiger partial charge in [-0.25, -0.2) is 0 Å². The normalized spacial score (nSPS) is 16.9. The molecule has 0 radical (unpaired) electrons. The van der Waals surface area contributed by atoms with Gasteiger partial charge in [0.1, 0.15) is 0 Å². The third kappa shape index (κ3) is 4.83. The van der Waals surface area contributed by atoms with Crippen LogP contribution in [-0.4, -0.2) is 48.2 Å². The van der Waals surface area contributed by atoms with Crippen LogP contribution < -0.4 is 5.32 Å². The second kappa shape index (κ2) is 8.15. The Morgan fingerprint density at radius 2 is 2.00 bits per heavy atom. The number of unbranched alkanes of at least 4 members (excludes halogenated alkanes) is 1. The van der Waals surface area contributed by atoms with Crippen LogP contribution in [0.15, 0.2) is 24.3 Å². The topological polar surface area (TPSA) is 52.6 Å². The van der Waals surface area contributed by atoms with Crippen LogP contribution in [0.3, 0.4) is 0 Å². The molecule has 1 aromatic rings. The molecule has 1 aromatic carbocycles. The fraction of sp³-hybridized carbons (Fsp3) is 0.588. The zero-order chi connectivity index (χ0) is 15.1. The summed E-state index contributed by atoms with van der Waals surface area (Å²) < 4.78 is 0. The standard InChI is InChI=1S/C17H26N2O2/c1-14-6-2-3-7-16(14)17(21)18-15-8-11-19(12-9-15)10-4-5-13-20/h2-3,6-7,15,20H,4-5,8-13H2,1H3,(H,18,21). The highest BCUT2D eigenvalue weighted by atomic mass is 16.2. The van der Waals surface area contributed by atoms with E-state index in [0.717, 1.165) is 56.4 Å². The van der Waals surface area contributed by atoms with Crippen LogP contribution in [0.4, 0.5) is 0 Å². The Balaban J connectivity index is 1.76. The molecule has 1 saturated heterocycles. The van der Waals surface area contributed by atoms with Crippen LogP contribution in [0, 0.1) is 6.92 Å². The molecule has 21 heavy (non-hydrogen) atoms. The van der Waals surface area contributed by atoms with E-state index in [4.69, 9.17) is 5.11 Å². The smallest absolute Gasteiger partial charge is 0.251 e. The van der Waals surface area contributed by atoms with Gasteiger partial charge >= 0.3 is 0 Å². The van der Waals surface area contributed by atoms with E-state index in [1.54, 1.807) is 0 Å². The Hall–Kier alpha value is -1.39. The van der Waals surface area contributed by atoms with Crippen molar-refractivity contribution in [2.45, 2.75) is 38.6 Å². The fourth-order valence-corrected chi connectivity index (χ4v) is 2.84. The predicted octanol–water partition coefficient (Wildman–Crippen LogP) is 1.96. The van der Waals surface area contributed by atoms with Crippen LogP contribution in [0.2, 0.25) is 0 Å². The lowest BCUT2D eigenvalue weighted by atomic mass is 10.0. The minimum atomic E-state index is 0.0480. The van der Waals surface area contributed by atoms with E-state index in [1.165, 1.54) is 0 Å². The number of nitrogens with one attached hydrogen (secondary N) is 1. The molecule has 0 aromatic heterocycles. The van der Waals surface area contributed by atoms with Gasteiger partial charge in [-0.2, -0.15) is 0 Å². The Bertz CT molecular complexity index is 454. The Morgan fingerprint density at radius 3 is 2.67 bits per heavy atom. The van der Waals surface area contributed by atoms with Crippen molar-refractivity contribution in [3.63, 3.8) is 0 Å². The molecule has 1 heterocycles. The number of carbonyl (C=O) groups excluding carboxylic acids is 1. The van der Waals surface area contributed by atoms with Crippen LogP contribution in [-0.2, 0) is 0 Å². The van der Waals surface area contributed by atoms with Gasteiger partial charge < -0.3 is 15.3 Å². The monoisotopic (exact) mass is 290 g/mol. The summed E-state index contributed by atoms with van der Waals surface area (Å²) in [4.78, 5) is 14.7. The van der Waals surface area contributed by atoms with Crippen molar-refractivity contribution >= 4 is 5.91 Å². The Kier molecular flexibility index (Phi) is 6.21. The zero-order valence-corrected chi connectivity index (χ0v) is 12.8. The lowest BCUT2D eigenvalue weighted by Gasteiger charge is -2.32.